The van der Waals surface area contributed by atoms with Crippen LogP contribution in [0.25, 0.3) is 22.2 Å². The number of aryl methyl sites for hydroxylation is 1. The van der Waals surface area contributed by atoms with E-state index in [4.69, 9.17) is 16.6 Å². The van der Waals surface area contributed by atoms with Crippen LogP contribution in [-0.4, -0.2) is 20.7 Å². The van der Waals surface area contributed by atoms with Crippen LogP contribution in [0, 0.1) is 6.92 Å². The van der Waals surface area contributed by atoms with Gasteiger partial charge in [-0.15, -0.1) is 0 Å². The van der Waals surface area contributed by atoms with E-state index >= 15 is 0 Å². The van der Waals surface area contributed by atoms with Crippen LogP contribution < -0.4 is 5.32 Å². The molecule has 2 aromatic heterocycles. The number of carbonyl (C=O) groups excluding carboxylic acids is 1. The van der Waals surface area contributed by atoms with Crippen molar-refractivity contribution in [3.63, 3.8) is 0 Å². The minimum Gasteiger partial charge on any atom is -0.322 e. The van der Waals surface area contributed by atoms with E-state index < -0.39 is 0 Å². The van der Waals surface area contributed by atoms with Crippen molar-refractivity contribution in [2.75, 3.05) is 5.32 Å². The largest absolute Gasteiger partial charge is 0.322 e. The summed E-state index contributed by atoms with van der Waals surface area (Å²) in [4.78, 5) is 17.9. The van der Waals surface area contributed by atoms with Gasteiger partial charge in [0.15, 0.2) is 0 Å². The van der Waals surface area contributed by atoms with Crippen LogP contribution in [-0.2, 0) is 6.54 Å². The van der Waals surface area contributed by atoms with Gasteiger partial charge in [0.25, 0.3) is 5.91 Å². The highest BCUT2D eigenvalue weighted by Gasteiger charge is 2.16. The first kappa shape index (κ1) is 18.2. The summed E-state index contributed by atoms with van der Waals surface area (Å²) in [6.45, 7) is 4.68. The maximum Gasteiger partial charge on any atom is 0.256 e. The van der Waals surface area contributed by atoms with Crippen LogP contribution >= 0.6 is 11.6 Å². The standard InChI is InChI=1S/C22H19ClN4O/c1-3-27-13-15(12-24-27)21-11-17(16-7-4-5-9-20(16)25-21)22(28)26-19-10-6-8-18(23)14(19)2/h4-13H,3H2,1-2H3,(H,26,28). The van der Waals surface area contributed by atoms with Gasteiger partial charge in [0.05, 0.1) is 23.0 Å². The minimum atomic E-state index is -0.201. The number of rotatable bonds is 4. The molecule has 1 N–H and O–H groups in total. The summed E-state index contributed by atoms with van der Waals surface area (Å²) in [5, 5.41) is 8.71. The fourth-order valence-corrected chi connectivity index (χ4v) is 3.29. The zero-order valence-electron chi connectivity index (χ0n) is 15.6. The predicted octanol–water partition coefficient (Wildman–Crippen LogP) is 5.33. The molecule has 0 bridgehead atoms. The van der Waals surface area contributed by atoms with Crippen molar-refractivity contribution in [1.82, 2.24) is 14.8 Å². The number of anilines is 1. The first-order valence-corrected chi connectivity index (χ1v) is 9.43. The highest BCUT2D eigenvalue weighted by Crippen LogP contribution is 2.27. The van der Waals surface area contributed by atoms with Crippen molar-refractivity contribution in [1.29, 1.82) is 0 Å². The Morgan fingerprint density at radius 2 is 2.00 bits per heavy atom. The molecule has 2 heterocycles. The van der Waals surface area contributed by atoms with Crippen LogP contribution in [0.2, 0.25) is 5.02 Å². The van der Waals surface area contributed by atoms with Crippen molar-refractivity contribution in [2.24, 2.45) is 0 Å². The molecule has 140 valence electrons. The fraction of sp³-hybridized carbons (Fsp3) is 0.136. The van der Waals surface area contributed by atoms with E-state index in [0.29, 0.717) is 22.0 Å². The number of halogens is 1. The van der Waals surface area contributed by atoms with Gasteiger partial charge < -0.3 is 5.32 Å². The number of nitrogens with one attached hydrogen (secondary N) is 1. The molecule has 0 radical (unpaired) electrons. The maximum atomic E-state index is 13.1. The Labute approximate surface area is 168 Å². The SMILES string of the molecule is CCn1cc(-c2cc(C(=O)Nc3cccc(Cl)c3C)c3ccccc3n2)cn1. The van der Waals surface area contributed by atoms with Gasteiger partial charge >= 0.3 is 0 Å². The van der Waals surface area contributed by atoms with Crippen LogP contribution in [0.5, 0.6) is 0 Å². The molecule has 5 nitrogen and oxygen atoms in total. The van der Waals surface area contributed by atoms with Gasteiger partial charge in [0.1, 0.15) is 0 Å². The lowest BCUT2D eigenvalue weighted by Gasteiger charge is -2.12. The molecule has 0 aliphatic heterocycles. The normalized spacial score (nSPS) is 11.0. The molecule has 0 fully saturated rings. The molecule has 6 heteroatoms. The van der Waals surface area contributed by atoms with Gasteiger partial charge in [-0.1, -0.05) is 35.9 Å². The molecule has 0 spiro atoms. The summed E-state index contributed by atoms with van der Waals surface area (Å²) in [6, 6.07) is 14.9. The smallest absolute Gasteiger partial charge is 0.256 e. The van der Waals surface area contributed by atoms with Gasteiger partial charge in [-0.25, -0.2) is 4.98 Å². The molecule has 4 rings (SSSR count). The molecule has 0 aliphatic carbocycles. The van der Waals surface area contributed by atoms with Crippen LogP contribution in [0.3, 0.4) is 0 Å². The summed E-state index contributed by atoms with van der Waals surface area (Å²) >= 11 is 6.19. The maximum absolute atomic E-state index is 13.1. The lowest BCUT2D eigenvalue weighted by Crippen LogP contribution is -2.14. The number of aromatic nitrogens is 3. The Kier molecular flexibility index (Phi) is 4.84. The number of para-hydroxylation sites is 1. The van der Waals surface area contributed by atoms with E-state index in [0.717, 1.165) is 28.6 Å². The van der Waals surface area contributed by atoms with E-state index in [9.17, 15) is 4.79 Å². The number of hydrogen-bond donors (Lipinski definition) is 1. The van der Waals surface area contributed by atoms with E-state index in [1.54, 1.807) is 12.3 Å². The monoisotopic (exact) mass is 390 g/mol. The lowest BCUT2D eigenvalue weighted by molar-refractivity contribution is 0.102. The first-order valence-electron chi connectivity index (χ1n) is 9.06. The average Bonchev–Trinajstić information content (AvgIpc) is 3.20. The second kappa shape index (κ2) is 7.44. The fourth-order valence-electron chi connectivity index (χ4n) is 3.11. The third-order valence-electron chi connectivity index (χ3n) is 4.73. The predicted molar refractivity (Wildman–Crippen MR) is 113 cm³/mol. The van der Waals surface area contributed by atoms with Crippen molar-refractivity contribution >= 4 is 34.1 Å². The van der Waals surface area contributed by atoms with Crippen molar-refractivity contribution in [2.45, 2.75) is 20.4 Å². The van der Waals surface area contributed by atoms with Gasteiger partial charge in [-0.05, 0) is 43.7 Å². The highest BCUT2D eigenvalue weighted by molar-refractivity contribution is 6.31. The third-order valence-corrected chi connectivity index (χ3v) is 5.14. The Bertz CT molecular complexity index is 1180. The summed E-state index contributed by atoms with van der Waals surface area (Å²) < 4.78 is 1.83. The number of amides is 1. The molecule has 0 aliphatic rings. The average molecular weight is 391 g/mol. The molecule has 2 aromatic carbocycles. The number of fused-ring (bicyclic) bond motifs is 1. The topological polar surface area (TPSA) is 59.8 Å². The van der Waals surface area contributed by atoms with E-state index in [1.165, 1.54) is 0 Å². The molecule has 4 aromatic rings. The molecule has 0 atom stereocenters. The summed E-state index contributed by atoms with van der Waals surface area (Å²) in [5.41, 5.74) is 4.44. The second-order valence-corrected chi connectivity index (χ2v) is 6.93. The lowest BCUT2D eigenvalue weighted by atomic mass is 10.0. The number of nitrogens with zero attached hydrogens (tertiary/aromatic N) is 3. The Balaban J connectivity index is 1.80. The summed E-state index contributed by atoms with van der Waals surface area (Å²) in [6.07, 6.45) is 3.70. The van der Waals surface area contributed by atoms with Crippen LogP contribution in [0.4, 0.5) is 5.69 Å². The first-order chi connectivity index (χ1) is 13.6. The molecule has 0 unspecified atom stereocenters. The summed E-state index contributed by atoms with van der Waals surface area (Å²) in [7, 11) is 0. The molecular formula is C22H19ClN4O. The zero-order chi connectivity index (χ0) is 19.7. The van der Waals surface area contributed by atoms with E-state index in [2.05, 4.69) is 10.4 Å². The van der Waals surface area contributed by atoms with Gasteiger partial charge in [0.2, 0.25) is 0 Å². The Morgan fingerprint density at radius 1 is 1.18 bits per heavy atom. The van der Waals surface area contributed by atoms with Gasteiger partial charge in [-0.3, -0.25) is 9.48 Å². The second-order valence-electron chi connectivity index (χ2n) is 6.52. The summed E-state index contributed by atoms with van der Waals surface area (Å²) in [5.74, 6) is -0.201. The zero-order valence-corrected chi connectivity index (χ0v) is 16.4. The number of pyridine rings is 1. The molecule has 0 saturated carbocycles. The van der Waals surface area contributed by atoms with Crippen molar-refractivity contribution in [3.05, 3.63) is 77.1 Å². The van der Waals surface area contributed by atoms with E-state index in [1.807, 2.05) is 67.2 Å². The number of benzene rings is 2. The molecule has 1 amide bonds. The quantitative estimate of drug-likeness (QED) is 0.512. The van der Waals surface area contributed by atoms with Gasteiger partial charge in [-0.2, -0.15) is 5.10 Å². The molecule has 28 heavy (non-hydrogen) atoms. The van der Waals surface area contributed by atoms with Crippen LogP contribution in [0.1, 0.15) is 22.8 Å². The Morgan fingerprint density at radius 3 is 2.79 bits per heavy atom. The number of hydrogen-bond acceptors (Lipinski definition) is 3. The highest BCUT2D eigenvalue weighted by atomic mass is 35.5. The third kappa shape index (κ3) is 3.37. The Hall–Kier alpha value is -3.18. The van der Waals surface area contributed by atoms with Gasteiger partial charge in [0, 0.05) is 34.4 Å². The minimum absolute atomic E-state index is 0.201. The molecular weight excluding hydrogens is 372 g/mol. The van der Waals surface area contributed by atoms with E-state index in [-0.39, 0.29) is 5.91 Å². The van der Waals surface area contributed by atoms with Crippen molar-refractivity contribution in [3.8, 4) is 11.3 Å². The van der Waals surface area contributed by atoms with Crippen molar-refractivity contribution < 1.29 is 4.79 Å². The molecule has 0 saturated heterocycles. The number of carbonyl (C=O) groups is 1. The van der Waals surface area contributed by atoms with Crippen LogP contribution in [0.15, 0.2) is 60.9 Å².